The highest BCUT2D eigenvalue weighted by atomic mass is 19.1. The van der Waals surface area contributed by atoms with Gasteiger partial charge in [0.25, 0.3) is 0 Å². The van der Waals surface area contributed by atoms with Gasteiger partial charge in [-0.25, -0.2) is 4.39 Å². The Kier molecular flexibility index (Phi) is 4.01. The van der Waals surface area contributed by atoms with E-state index in [-0.39, 0.29) is 23.4 Å². The van der Waals surface area contributed by atoms with Crippen LogP contribution >= 0.6 is 0 Å². The van der Waals surface area contributed by atoms with Crippen molar-refractivity contribution in [3.8, 4) is 0 Å². The Bertz CT molecular complexity index is 344. The van der Waals surface area contributed by atoms with Crippen LogP contribution in [-0.2, 0) is 11.2 Å². The highest BCUT2D eigenvalue weighted by Gasteiger charge is 2.16. The smallest absolute Gasteiger partial charge is 0.138 e. The van der Waals surface area contributed by atoms with Gasteiger partial charge >= 0.3 is 0 Å². The van der Waals surface area contributed by atoms with Crippen LogP contribution in [0, 0.1) is 17.7 Å². The normalized spacial score (nSPS) is 12.9. The van der Waals surface area contributed by atoms with Crippen LogP contribution in [0.4, 0.5) is 4.39 Å². The second-order valence-electron chi connectivity index (χ2n) is 4.29. The number of ketones is 1. The largest absolute Gasteiger partial charge is 0.299 e. The van der Waals surface area contributed by atoms with Crippen LogP contribution in [0.25, 0.3) is 0 Å². The van der Waals surface area contributed by atoms with E-state index < -0.39 is 0 Å². The van der Waals surface area contributed by atoms with Crippen LogP contribution in [0.3, 0.4) is 0 Å². The first-order valence-electron chi connectivity index (χ1n) is 5.29. The van der Waals surface area contributed by atoms with Gasteiger partial charge in [-0.1, -0.05) is 32.9 Å². The average Bonchev–Trinajstić information content (AvgIpc) is 2.16. The number of carbonyl (C=O) groups is 1. The molecule has 0 aliphatic carbocycles. The summed E-state index contributed by atoms with van der Waals surface area (Å²) in [5, 5.41) is 0. The molecule has 1 aromatic carbocycles. The number of benzene rings is 1. The molecule has 1 aromatic rings. The molecule has 2 heteroatoms. The van der Waals surface area contributed by atoms with E-state index in [0.717, 1.165) is 5.56 Å². The second-order valence-corrected chi connectivity index (χ2v) is 4.29. The number of Topliss-reactive ketones (excluding diaryl/α,β-unsaturated/α-hetero) is 1. The first kappa shape index (κ1) is 11.9. The minimum absolute atomic E-state index is 0.0354. The minimum Gasteiger partial charge on any atom is -0.299 e. The Morgan fingerprint density at radius 3 is 2.53 bits per heavy atom. The maximum absolute atomic E-state index is 12.9. The fraction of sp³-hybridized carbons (Fsp3) is 0.462. The summed E-state index contributed by atoms with van der Waals surface area (Å²) in [5.41, 5.74) is 0.886. The van der Waals surface area contributed by atoms with Gasteiger partial charge in [-0.05, 0) is 24.1 Å². The first-order valence-corrected chi connectivity index (χ1v) is 5.29. The van der Waals surface area contributed by atoms with E-state index in [1.807, 2.05) is 26.8 Å². The number of halogens is 1. The molecule has 0 aliphatic heterocycles. The molecule has 0 saturated heterocycles. The van der Waals surface area contributed by atoms with Gasteiger partial charge in [-0.2, -0.15) is 0 Å². The number of hydrogen-bond acceptors (Lipinski definition) is 1. The first-order chi connectivity index (χ1) is 7.00. The van der Waals surface area contributed by atoms with Gasteiger partial charge in [-0.3, -0.25) is 4.79 Å². The molecule has 1 atom stereocenters. The van der Waals surface area contributed by atoms with E-state index in [4.69, 9.17) is 0 Å². The quantitative estimate of drug-likeness (QED) is 0.742. The topological polar surface area (TPSA) is 17.1 Å². The highest BCUT2D eigenvalue weighted by Crippen LogP contribution is 2.14. The second kappa shape index (κ2) is 5.06. The molecule has 0 bridgehead atoms. The van der Waals surface area contributed by atoms with Crippen LogP contribution < -0.4 is 0 Å². The summed E-state index contributed by atoms with van der Waals surface area (Å²) in [6, 6.07) is 6.44. The Labute approximate surface area is 90.3 Å². The van der Waals surface area contributed by atoms with Gasteiger partial charge in [-0.15, -0.1) is 0 Å². The van der Waals surface area contributed by atoms with Crippen molar-refractivity contribution in [1.82, 2.24) is 0 Å². The predicted octanol–water partition coefficient (Wildman–Crippen LogP) is 3.23. The van der Waals surface area contributed by atoms with Crippen LogP contribution in [-0.4, -0.2) is 5.78 Å². The third-order valence-corrected chi connectivity index (χ3v) is 2.49. The van der Waals surface area contributed by atoms with Gasteiger partial charge in [0, 0.05) is 11.8 Å². The maximum atomic E-state index is 12.9. The number of hydrogen-bond donors (Lipinski definition) is 0. The molecular weight excluding hydrogens is 191 g/mol. The van der Waals surface area contributed by atoms with Gasteiger partial charge in [0.05, 0.1) is 0 Å². The SMILES string of the molecule is CC(C)C(=O)[C@@H](C)Cc1cccc(F)c1. The van der Waals surface area contributed by atoms with Crippen molar-refractivity contribution in [2.24, 2.45) is 11.8 Å². The molecule has 1 rings (SSSR count). The summed E-state index contributed by atoms with van der Waals surface area (Å²) in [7, 11) is 0. The van der Waals surface area contributed by atoms with Crippen LogP contribution in [0.1, 0.15) is 26.3 Å². The lowest BCUT2D eigenvalue weighted by Crippen LogP contribution is -2.19. The molecule has 0 unspecified atom stereocenters. The molecule has 0 amide bonds. The lowest BCUT2D eigenvalue weighted by molar-refractivity contribution is -0.125. The predicted molar refractivity (Wildman–Crippen MR) is 59.1 cm³/mol. The van der Waals surface area contributed by atoms with Crippen molar-refractivity contribution in [3.05, 3.63) is 35.6 Å². The molecule has 0 radical (unpaired) electrons. The van der Waals surface area contributed by atoms with Crippen molar-refractivity contribution in [3.63, 3.8) is 0 Å². The molecule has 1 nitrogen and oxygen atoms in total. The van der Waals surface area contributed by atoms with E-state index in [0.29, 0.717) is 6.42 Å². The molecule has 15 heavy (non-hydrogen) atoms. The van der Waals surface area contributed by atoms with E-state index >= 15 is 0 Å². The van der Waals surface area contributed by atoms with Gasteiger partial charge in [0.1, 0.15) is 11.6 Å². The van der Waals surface area contributed by atoms with Crippen molar-refractivity contribution in [2.45, 2.75) is 27.2 Å². The Balaban J connectivity index is 2.66. The van der Waals surface area contributed by atoms with Crippen LogP contribution in [0.5, 0.6) is 0 Å². The number of rotatable bonds is 4. The summed E-state index contributed by atoms with van der Waals surface area (Å²) < 4.78 is 12.9. The molecule has 0 N–H and O–H groups in total. The van der Waals surface area contributed by atoms with E-state index in [9.17, 15) is 9.18 Å². The van der Waals surface area contributed by atoms with Gasteiger partial charge < -0.3 is 0 Å². The highest BCUT2D eigenvalue weighted by molar-refractivity contribution is 5.82. The third-order valence-electron chi connectivity index (χ3n) is 2.49. The van der Waals surface area contributed by atoms with Crippen molar-refractivity contribution in [1.29, 1.82) is 0 Å². The van der Waals surface area contributed by atoms with Gasteiger partial charge in [0.15, 0.2) is 0 Å². The average molecular weight is 208 g/mol. The summed E-state index contributed by atoms with van der Waals surface area (Å²) in [5.74, 6) is 0.0105. The number of carbonyl (C=O) groups excluding carboxylic acids is 1. The van der Waals surface area contributed by atoms with Crippen LogP contribution in [0.15, 0.2) is 24.3 Å². The maximum Gasteiger partial charge on any atom is 0.138 e. The summed E-state index contributed by atoms with van der Waals surface area (Å²) in [6.45, 7) is 5.68. The minimum atomic E-state index is -0.239. The summed E-state index contributed by atoms with van der Waals surface area (Å²) in [6.07, 6.45) is 0.620. The lowest BCUT2D eigenvalue weighted by atomic mass is 9.91. The van der Waals surface area contributed by atoms with Gasteiger partial charge in [0.2, 0.25) is 0 Å². The summed E-state index contributed by atoms with van der Waals surface area (Å²) >= 11 is 0. The Morgan fingerprint density at radius 2 is 2.00 bits per heavy atom. The molecule has 0 spiro atoms. The van der Waals surface area contributed by atoms with E-state index in [1.165, 1.54) is 12.1 Å². The fourth-order valence-corrected chi connectivity index (χ4v) is 1.69. The molecular formula is C13H17FO. The molecule has 0 saturated carbocycles. The Morgan fingerprint density at radius 1 is 1.33 bits per heavy atom. The third kappa shape index (κ3) is 3.46. The zero-order chi connectivity index (χ0) is 11.4. The fourth-order valence-electron chi connectivity index (χ4n) is 1.69. The van der Waals surface area contributed by atoms with E-state index in [2.05, 4.69) is 0 Å². The van der Waals surface area contributed by atoms with E-state index in [1.54, 1.807) is 6.07 Å². The van der Waals surface area contributed by atoms with Crippen molar-refractivity contribution >= 4 is 5.78 Å². The zero-order valence-corrected chi connectivity index (χ0v) is 9.46. The standard InChI is InChI=1S/C13H17FO/c1-9(2)13(15)10(3)7-11-5-4-6-12(14)8-11/h4-6,8-10H,7H2,1-3H3/t10-/m0/s1. The van der Waals surface area contributed by atoms with Crippen LogP contribution in [0.2, 0.25) is 0 Å². The molecule has 0 fully saturated rings. The monoisotopic (exact) mass is 208 g/mol. The molecule has 0 aromatic heterocycles. The molecule has 0 heterocycles. The zero-order valence-electron chi connectivity index (χ0n) is 9.46. The van der Waals surface area contributed by atoms with Crippen molar-refractivity contribution < 1.29 is 9.18 Å². The lowest BCUT2D eigenvalue weighted by Gasteiger charge is -2.12. The molecule has 0 aliphatic rings. The molecule has 82 valence electrons. The Hall–Kier alpha value is -1.18. The van der Waals surface area contributed by atoms with Crippen molar-refractivity contribution in [2.75, 3.05) is 0 Å². The summed E-state index contributed by atoms with van der Waals surface area (Å²) in [4.78, 5) is 11.6.